The van der Waals surface area contributed by atoms with Crippen LogP contribution in [0.4, 0.5) is 11.8 Å². The number of hydrogen-bond donors (Lipinski definition) is 2. The summed E-state index contributed by atoms with van der Waals surface area (Å²) >= 11 is 0. The van der Waals surface area contributed by atoms with Crippen molar-refractivity contribution >= 4 is 28.8 Å². The highest BCUT2D eigenvalue weighted by atomic mass is 16.1. The Morgan fingerprint density at radius 2 is 2.13 bits per heavy atom. The van der Waals surface area contributed by atoms with E-state index in [0.29, 0.717) is 37.9 Å². The van der Waals surface area contributed by atoms with Crippen molar-refractivity contribution in [2.24, 2.45) is 18.2 Å². The zero-order valence-corrected chi connectivity index (χ0v) is 17.3. The molecule has 0 radical (unpaired) electrons. The first-order valence-corrected chi connectivity index (χ1v) is 10.4. The second-order valence-electron chi connectivity index (χ2n) is 8.71. The van der Waals surface area contributed by atoms with Crippen LogP contribution >= 0.6 is 0 Å². The maximum atomic E-state index is 11.9. The van der Waals surface area contributed by atoms with Crippen LogP contribution in [0.15, 0.2) is 24.7 Å². The van der Waals surface area contributed by atoms with Crippen molar-refractivity contribution < 1.29 is 4.79 Å². The maximum absolute atomic E-state index is 11.9. The number of amides is 1. The molecule has 9 heteroatoms. The van der Waals surface area contributed by atoms with Gasteiger partial charge in [-0.15, -0.1) is 0 Å². The van der Waals surface area contributed by atoms with Crippen LogP contribution in [0.3, 0.4) is 0 Å². The van der Waals surface area contributed by atoms with Crippen molar-refractivity contribution in [1.29, 1.82) is 0 Å². The van der Waals surface area contributed by atoms with E-state index in [9.17, 15) is 4.79 Å². The molecule has 4 heterocycles. The number of hydrogen-bond acceptors (Lipinski definition) is 7. The number of carbonyl (C=O) groups is 1. The standard InChI is InChI=1S/C21H26N8O/c1-21(19(22)30)7-8-29(11-21)18-16-17(28(2)12-25-16)26-20(27-18)24-10-15-6-5-14(9-23-15)13-3-4-13/h5-6,9,12-13H,3-4,7-8,10-11H2,1-2H3,(H2,22,30)(H,24,26,27). The third kappa shape index (κ3) is 3.34. The summed E-state index contributed by atoms with van der Waals surface area (Å²) in [6, 6.07) is 4.22. The summed E-state index contributed by atoms with van der Waals surface area (Å²) in [7, 11) is 1.91. The maximum Gasteiger partial charge on any atom is 0.227 e. The minimum absolute atomic E-state index is 0.282. The van der Waals surface area contributed by atoms with E-state index in [4.69, 9.17) is 10.7 Å². The fourth-order valence-corrected chi connectivity index (χ4v) is 4.00. The highest BCUT2D eigenvalue weighted by Crippen LogP contribution is 2.39. The lowest BCUT2D eigenvalue weighted by molar-refractivity contribution is -0.125. The zero-order valence-electron chi connectivity index (χ0n) is 17.3. The van der Waals surface area contributed by atoms with Gasteiger partial charge in [-0.1, -0.05) is 6.07 Å². The van der Waals surface area contributed by atoms with Crippen molar-refractivity contribution in [2.45, 2.75) is 38.6 Å². The summed E-state index contributed by atoms with van der Waals surface area (Å²) in [6.07, 6.45) is 6.94. The number of aromatic nitrogens is 5. The minimum Gasteiger partial charge on any atom is -0.369 e. The number of primary amides is 1. The zero-order chi connectivity index (χ0) is 20.9. The van der Waals surface area contributed by atoms with Gasteiger partial charge < -0.3 is 20.5 Å². The second-order valence-corrected chi connectivity index (χ2v) is 8.71. The van der Waals surface area contributed by atoms with Crippen LogP contribution < -0.4 is 16.0 Å². The van der Waals surface area contributed by atoms with E-state index < -0.39 is 5.41 Å². The van der Waals surface area contributed by atoms with Crippen LogP contribution in [0.1, 0.15) is 43.4 Å². The monoisotopic (exact) mass is 406 g/mol. The number of nitrogens with two attached hydrogens (primary N) is 1. The molecule has 0 spiro atoms. The number of nitrogens with zero attached hydrogens (tertiary/aromatic N) is 6. The van der Waals surface area contributed by atoms with E-state index in [1.165, 1.54) is 18.4 Å². The molecule has 1 aliphatic heterocycles. The van der Waals surface area contributed by atoms with Crippen LogP contribution in [0.2, 0.25) is 0 Å². The highest BCUT2D eigenvalue weighted by molar-refractivity contribution is 5.87. The van der Waals surface area contributed by atoms with Gasteiger partial charge in [-0.3, -0.25) is 9.78 Å². The Hall–Kier alpha value is -3.23. The lowest BCUT2D eigenvalue weighted by Crippen LogP contribution is -2.37. The number of imidazole rings is 1. The molecule has 0 aromatic carbocycles. The van der Waals surface area contributed by atoms with E-state index in [2.05, 4.69) is 37.3 Å². The van der Waals surface area contributed by atoms with Crippen LogP contribution in [0.5, 0.6) is 0 Å². The number of carbonyl (C=O) groups excluding carboxylic acids is 1. The van der Waals surface area contributed by atoms with E-state index in [0.717, 1.165) is 22.7 Å². The van der Waals surface area contributed by atoms with Crippen molar-refractivity contribution in [3.05, 3.63) is 35.9 Å². The molecule has 1 amide bonds. The van der Waals surface area contributed by atoms with E-state index in [1.54, 1.807) is 6.33 Å². The van der Waals surface area contributed by atoms with Gasteiger partial charge in [0.1, 0.15) is 0 Å². The topological polar surface area (TPSA) is 115 Å². The van der Waals surface area contributed by atoms with Crippen LogP contribution in [-0.2, 0) is 18.4 Å². The van der Waals surface area contributed by atoms with E-state index >= 15 is 0 Å². The van der Waals surface area contributed by atoms with E-state index in [1.807, 2.05) is 24.7 Å². The summed E-state index contributed by atoms with van der Waals surface area (Å²) in [5, 5.41) is 3.30. The molecule has 3 aromatic heterocycles. The van der Waals surface area contributed by atoms with Gasteiger partial charge >= 0.3 is 0 Å². The predicted molar refractivity (Wildman–Crippen MR) is 114 cm³/mol. The number of aryl methyl sites for hydroxylation is 1. The number of fused-ring (bicyclic) bond motifs is 1. The van der Waals surface area contributed by atoms with Gasteiger partial charge in [0.05, 0.1) is 24.0 Å². The average Bonchev–Trinajstić information content (AvgIpc) is 3.42. The number of pyridine rings is 1. The summed E-state index contributed by atoms with van der Waals surface area (Å²) in [5.41, 5.74) is 8.79. The molecule has 1 saturated carbocycles. The molecule has 1 saturated heterocycles. The lowest BCUT2D eigenvalue weighted by atomic mass is 9.89. The van der Waals surface area contributed by atoms with Crippen molar-refractivity contribution in [1.82, 2.24) is 24.5 Å². The molecular formula is C21H26N8O. The highest BCUT2D eigenvalue weighted by Gasteiger charge is 2.40. The largest absolute Gasteiger partial charge is 0.369 e. The SMILES string of the molecule is Cn1cnc2c(N3CCC(C)(C(N)=O)C3)nc(NCc3ccc(C4CC4)cn3)nc21. The normalized spacial score (nSPS) is 21.3. The van der Waals surface area contributed by atoms with Gasteiger partial charge in [0.15, 0.2) is 17.0 Å². The summed E-state index contributed by atoms with van der Waals surface area (Å²) < 4.78 is 1.87. The first kappa shape index (κ1) is 18.8. The molecule has 1 atom stereocenters. The Morgan fingerprint density at radius 3 is 2.80 bits per heavy atom. The van der Waals surface area contributed by atoms with Crippen LogP contribution in [-0.4, -0.2) is 43.5 Å². The summed E-state index contributed by atoms with van der Waals surface area (Å²) in [6.45, 7) is 3.66. The van der Waals surface area contributed by atoms with Crippen molar-refractivity contribution in [3.8, 4) is 0 Å². The van der Waals surface area contributed by atoms with Gasteiger partial charge in [-0.2, -0.15) is 9.97 Å². The third-order valence-electron chi connectivity index (χ3n) is 6.23. The molecule has 1 aliphatic carbocycles. The van der Waals surface area contributed by atoms with Gasteiger partial charge in [-0.25, -0.2) is 4.98 Å². The van der Waals surface area contributed by atoms with Crippen LogP contribution in [0.25, 0.3) is 11.2 Å². The lowest BCUT2D eigenvalue weighted by Gasteiger charge is -2.22. The molecule has 3 aromatic rings. The first-order valence-electron chi connectivity index (χ1n) is 10.4. The molecule has 1 unspecified atom stereocenters. The van der Waals surface area contributed by atoms with Crippen molar-refractivity contribution in [2.75, 3.05) is 23.3 Å². The van der Waals surface area contributed by atoms with Gasteiger partial charge in [0, 0.05) is 26.3 Å². The Balaban J connectivity index is 1.40. The molecule has 30 heavy (non-hydrogen) atoms. The summed E-state index contributed by atoms with van der Waals surface area (Å²) in [5.74, 6) is 1.66. The summed E-state index contributed by atoms with van der Waals surface area (Å²) in [4.78, 5) is 32.4. The fourth-order valence-electron chi connectivity index (χ4n) is 4.00. The smallest absolute Gasteiger partial charge is 0.227 e. The first-order chi connectivity index (χ1) is 14.4. The van der Waals surface area contributed by atoms with Gasteiger partial charge in [0.25, 0.3) is 0 Å². The quantitative estimate of drug-likeness (QED) is 0.643. The fraction of sp³-hybridized carbons (Fsp3) is 0.476. The van der Waals surface area contributed by atoms with E-state index in [-0.39, 0.29) is 5.91 Å². The molecule has 156 valence electrons. The second kappa shape index (κ2) is 6.93. The predicted octanol–water partition coefficient (Wildman–Crippen LogP) is 1.95. The van der Waals surface area contributed by atoms with Crippen molar-refractivity contribution in [3.63, 3.8) is 0 Å². The Morgan fingerprint density at radius 1 is 1.30 bits per heavy atom. The number of rotatable bonds is 6. The Bertz CT molecular complexity index is 1100. The van der Waals surface area contributed by atoms with Gasteiger partial charge in [0.2, 0.25) is 11.9 Å². The van der Waals surface area contributed by atoms with Gasteiger partial charge in [-0.05, 0) is 43.7 Å². The number of nitrogens with one attached hydrogen (secondary N) is 1. The Kier molecular flexibility index (Phi) is 4.34. The Labute approximate surface area is 174 Å². The third-order valence-corrected chi connectivity index (χ3v) is 6.23. The minimum atomic E-state index is -0.563. The molecule has 3 N–H and O–H groups in total. The average molecular weight is 406 g/mol. The number of anilines is 2. The van der Waals surface area contributed by atoms with Crippen LogP contribution in [0, 0.1) is 5.41 Å². The molecule has 0 bridgehead atoms. The molecule has 2 aliphatic rings. The molecule has 5 rings (SSSR count). The molecule has 2 fully saturated rings. The molecule has 9 nitrogen and oxygen atoms in total. The molecular weight excluding hydrogens is 380 g/mol.